The summed E-state index contributed by atoms with van der Waals surface area (Å²) in [6.07, 6.45) is 0. The normalized spacial score (nSPS) is 18.4. The number of hydrogen-bond donors (Lipinski definition) is 1. The van der Waals surface area contributed by atoms with E-state index in [4.69, 9.17) is 22.1 Å². The second-order valence-electron chi connectivity index (χ2n) is 4.54. The lowest BCUT2D eigenvalue weighted by Crippen LogP contribution is -2.51. The van der Waals surface area contributed by atoms with Gasteiger partial charge in [0.05, 0.1) is 22.9 Å². The molecular weight excluding hydrogens is 312 g/mol. The highest BCUT2D eigenvalue weighted by Crippen LogP contribution is 2.26. The molecule has 0 aromatic heterocycles. The van der Waals surface area contributed by atoms with Gasteiger partial charge in [0.1, 0.15) is 6.04 Å². The maximum atomic E-state index is 12.7. The van der Waals surface area contributed by atoms with Gasteiger partial charge in [-0.25, -0.2) is 4.79 Å². The number of ether oxygens (including phenoxy) is 1. The molecule has 1 amide bonds. The van der Waals surface area contributed by atoms with Crippen LogP contribution in [-0.2, 0) is 9.53 Å². The molecule has 0 spiro atoms. The van der Waals surface area contributed by atoms with Gasteiger partial charge in [-0.2, -0.15) is 11.8 Å². The molecule has 114 valence electrons. The van der Waals surface area contributed by atoms with Gasteiger partial charge in [0.15, 0.2) is 0 Å². The highest BCUT2D eigenvalue weighted by atomic mass is 35.5. The van der Waals surface area contributed by atoms with E-state index in [0.29, 0.717) is 29.5 Å². The molecule has 1 aromatic rings. The second kappa shape index (κ2) is 7.04. The monoisotopic (exact) mass is 328 g/mol. The van der Waals surface area contributed by atoms with Crippen molar-refractivity contribution in [1.82, 2.24) is 4.90 Å². The van der Waals surface area contributed by atoms with Crippen molar-refractivity contribution < 1.29 is 14.3 Å². The molecule has 1 aliphatic heterocycles. The van der Waals surface area contributed by atoms with Crippen molar-refractivity contribution in [3.8, 4) is 0 Å². The Bertz CT molecular complexity index is 553. The molecular formula is C14H17ClN2O3S. The summed E-state index contributed by atoms with van der Waals surface area (Å²) < 4.78 is 5.05. The van der Waals surface area contributed by atoms with Crippen molar-refractivity contribution in [2.75, 3.05) is 30.4 Å². The zero-order valence-corrected chi connectivity index (χ0v) is 13.2. The first-order valence-corrected chi connectivity index (χ1v) is 8.18. The Morgan fingerprint density at radius 1 is 1.52 bits per heavy atom. The molecule has 2 rings (SSSR count). The molecule has 1 heterocycles. The topological polar surface area (TPSA) is 72.6 Å². The summed E-state index contributed by atoms with van der Waals surface area (Å²) in [5.41, 5.74) is 6.43. The summed E-state index contributed by atoms with van der Waals surface area (Å²) in [6.45, 7) is 2.52. The number of carbonyl (C=O) groups is 2. The van der Waals surface area contributed by atoms with Crippen LogP contribution in [0.25, 0.3) is 0 Å². The van der Waals surface area contributed by atoms with E-state index in [2.05, 4.69) is 0 Å². The van der Waals surface area contributed by atoms with Crippen LogP contribution in [0.5, 0.6) is 0 Å². The maximum absolute atomic E-state index is 12.7. The Balaban J connectivity index is 2.26. The zero-order chi connectivity index (χ0) is 15.4. The summed E-state index contributed by atoms with van der Waals surface area (Å²) in [4.78, 5) is 26.2. The first-order chi connectivity index (χ1) is 10.1. The van der Waals surface area contributed by atoms with Crippen LogP contribution in [0.1, 0.15) is 17.3 Å². The fourth-order valence-corrected chi connectivity index (χ4v) is 3.37. The minimum Gasteiger partial charge on any atom is -0.464 e. The first-order valence-electron chi connectivity index (χ1n) is 6.65. The van der Waals surface area contributed by atoms with E-state index in [1.165, 1.54) is 4.90 Å². The molecule has 1 fully saturated rings. The maximum Gasteiger partial charge on any atom is 0.329 e. The summed E-state index contributed by atoms with van der Waals surface area (Å²) in [5, 5.41) is 0.333. The van der Waals surface area contributed by atoms with Crippen LogP contribution in [0, 0.1) is 0 Å². The first kappa shape index (κ1) is 16.0. The van der Waals surface area contributed by atoms with Crippen molar-refractivity contribution in [2.24, 2.45) is 0 Å². The molecule has 7 heteroatoms. The van der Waals surface area contributed by atoms with E-state index >= 15 is 0 Å². The number of esters is 1. The van der Waals surface area contributed by atoms with Crippen LogP contribution < -0.4 is 5.73 Å². The van der Waals surface area contributed by atoms with Crippen molar-refractivity contribution in [2.45, 2.75) is 13.0 Å². The molecule has 0 radical (unpaired) electrons. The van der Waals surface area contributed by atoms with Gasteiger partial charge in [-0.3, -0.25) is 4.79 Å². The molecule has 1 unspecified atom stereocenters. The molecule has 1 saturated heterocycles. The lowest BCUT2D eigenvalue weighted by atomic mass is 10.1. The molecule has 0 bridgehead atoms. The molecule has 5 nitrogen and oxygen atoms in total. The number of amides is 1. The third-order valence-electron chi connectivity index (χ3n) is 3.23. The molecule has 0 aliphatic carbocycles. The number of benzene rings is 1. The number of nitrogens with two attached hydrogens (primary N) is 1. The van der Waals surface area contributed by atoms with Gasteiger partial charge >= 0.3 is 5.97 Å². The fourth-order valence-electron chi connectivity index (χ4n) is 2.16. The Morgan fingerprint density at radius 2 is 2.29 bits per heavy atom. The van der Waals surface area contributed by atoms with Gasteiger partial charge in [-0.15, -0.1) is 0 Å². The van der Waals surface area contributed by atoms with Gasteiger partial charge in [0.2, 0.25) is 0 Å². The number of anilines is 1. The highest BCUT2D eigenvalue weighted by Gasteiger charge is 2.34. The van der Waals surface area contributed by atoms with Crippen LogP contribution in [0.4, 0.5) is 5.69 Å². The number of halogens is 1. The smallest absolute Gasteiger partial charge is 0.329 e. The second-order valence-corrected chi connectivity index (χ2v) is 6.10. The lowest BCUT2D eigenvalue weighted by Gasteiger charge is -2.34. The quantitative estimate of drug-likeness (QED) is 0.679. The van der Waals surface area contributed by atoms with Gasteiger partial charge in [0, 0.05) is 18.1 Å². The van der Waals surface area contributed by atoms with Crippen LogP contribution >= 0.6 is 23.4 Å². The van der Waals surface area contributed by atoms with Crippen molar-refractivity contribution in [3.63, 3.8) is 0 Å². The van der Waals surface area contributed by atoms with Crippen LogP contribution in [0.2, 0.25) is 5.02 Å². The third kappa shape index (κ3) is 3.44. The van der Waals surface area contributed by atoms with Crippen molar-refractivity contribution in [1.29, 1.82) is 0 Å². The Morgan fingerprint density at radius 3 is 3.00 bits per heavy atom. The van der Waals surface area contributed by atoms with Gasteiger partial charge in [-0.1, -0.05) is 17.7 Å². The number of para-hydroxylation sites is 1. The summed E-state index contributed by atoms with van der Waals surface area (Å²) in [6, 6.07) is 4.34. The van der Waals surface area contributed by atoms with Crippen LogP contribution in [0.3, 0.4) is 0 Å². The fraction of sp³-hybridized carbons (Fsp3) is 0.429. The summed E-state index contributed by atoms with van der Waals surface area (Å²) in [7, 11) is 0. The minimum atomic E-state index is -0.574. The minimum absolute atomic E-state index is 0.241. The van der Waals surface area contributed by atoms with Gasteiger partial charge in [0.25, 0.3) is 5.91 Å². The van der Waals surface area contributed by atoms with Crippen molar-refractivity contribution in [3.05, 3.63) is 28.8 Å². The average molecular weight is 329 g/mol. The standard InChI is InChI=1S/C14H17ClN2O3S/c1-2-20-14(19)11-8-21-7-6-17(11)13(18)9-4-3-5-10(15)12(9)16/h3-5,11H,2,6-8,16H2,1H3. The average Bonchev–Trinajstić information content (AvgIpc) is 2.49. The lowest BCUT2D eigenvalue weighted by molar-refractivity contribution is -0.147. The number of carbonyl (C=O) groups excluding carboxylic acids is 2. The van der Waals surface area contributed by atoms with E-state index in [1.807, 2.05) is 0 Å². The van der Waals surface area contributed by atoms with Crippen LogP contribution in [0.15, 0.2) is 18.2 Å². The largest absolute Gasteiger partial charge is 0.464 e. The SMILES string of the molecule is CCOC(=O)C1CSCCN1C(=O)c1cccc(Cl)c1N. The number of nitrogen functional groups attached to an aromatic ring is 1. The molecule has 21 heavy (non-hydrogen) atoms. The summed E-state index contributed by atoms with van der Waals surface area (Å²) in [5.74, 6) is 0.652. The Kier molecular flexibility index (Phi) is 5.36. The summed E-state index contributed by atoms with van der Waals surface area (Å²) >= 11 is 7.58. The number of rotatable bonds is 3. The van der Waals surface area contributed by atoms with E-state index in [1.54, 1.807) is 36.9 Å². The third-order valence-corrected chi connectivity index (χ3v) is 4.58. The Hall–Kier alpha value is -1.40. The van der Waals surface area contributed by atoms with E-state index < -0.39 is 6.04 Å². The molecule has 1 aliphatic rings. The predicted octanol–water partition coefficient (Wildman–Crippen LogP) is 2.04. The Labute approximate surface area is 132 Å². The number of thioether (sulfide) groups is 1. The van der Waals surface area contributed by atoms with Crippen LogP contribution in [-0.4, -0.2) is 47.5 Å². The number of nitrogens with zero attached hydrogens (tertiary/aromatic N) is 1. The van der Waals surface area contributed by atoms with E-state index in [9.17, 15) is 9.59 Å². The van der Waals surface area contributed by atoms with Gasteiger partial charge in [-0.05, 0) is 19.1 Å². The van der Waals surface area contributed by atoms with E-state index in [-0.39, 0.29) is 17.6 Å². The molecule has 1 aromatic carbocycles. The van der Waals surface area contributed by atoms with Crippen molar-refractivity contribution >= 4 is 40.9 Å². The zero-order valence-electron chi connectivity index (χ0n) is 11.7. The predicted molar refractivity (Wildman–Crippen MR) is 84.6 cm³/mol. The van der Waals surface area contributed by atoms with Gasteiger partial charge < -0.3 is 15.4 Å². The molecule has 1 atom stereocenters. The molecule has 0 saturated carbocycles. The van der Waals surface area contributed by atoms with E-state index in [0.717, 1.165) is 5.75 Å². The molecule has 2 N–H and O–H groups in total. The number of hydrogen-bond acceptors (Lipinski definition) is 5. The highest BCUT2D eigenvalue weighted by molar-refractivity contribution is 7.99.